The quantitative estimate of drug-likeness (QED) is 0.443. The summed E-state index contributed by atoms with van der Waals surface area (Å²) in [4.78, 5) is 12.8. The minimum Gasteiger partial charge on any atom is -0.472 e. The Morgan fingerprint density at radius 3 is 2.83 bits per heavy atom. The minimum atomic E-state index is -0.310. The number of aromatic nitrogens is 5. The molecule has 9 heteroatoms. The van der Waals surface area contributed by atoms with Gasteiger partial charge in [0, 0.05) is 18.5 Å². The molecular weight excluding hydrogens is 373 g/mol. The van der Waals surface area contributed by atoms with E-state index in [4.69, 9.17) is 10.5 Å². The van der Waals surface area contributed by atoms with Gasteiger partial charge < -0.3 is 15.8 Å². The van der Waals surface area contributed by atoms with Crippen LogP contribution in [0.25, 0.3) is 11.3 Å². The number of ether oxygens (including phenoxy) is 1. The lowest BCUT2D eigenvalue weighted by Gasteiger charge is -2.07. The maximum absolute atomic E-state index is 13.2. The molecular formula is C20H18FN7O. The summed E-state index contributed by atoms with van der Waals surface area (Å²) < 4.78 is 18.8. The Kier molecular flexibility index (Phi) is 5.28. The Labute approximate surface area is 166 Å². The fraction of sp³-hybridized carbons (Fsp3) is 0.100. The van der Waals surface area contributed by atoms with Crippen molar-refractivity contribution in [1.82, 2.24) is 25.1 Å². The monoisotopic (exact) mass is 391 g/mol. The minimum absolute atomic E-state index is 0.199. The molecule has 0 atom stereocenters. The zero-order valence-electron chi connectivity index (χ0n) is 15.3. The second-order valence-electron chi connectivity index (χ2n) is 6.21. The second kappa shape index (κ2) is 8.34. The SMILES string of the molecule is Nc1nc(NCc2ccccn2)ncc1-c1cc(OCc2cccc(F)c2)n[nH]1. The zero-order chi connectivity index (χ0) is 20.1. The first-order valence-corrected chi connectivity index (χ1v) is 8.87. The fourth-order valence-corrected chi connectivity index (χ4v) is 2.66. The van der Waals surface area contributed by atoms with E-state index in [1.54, 1.807) is 30.6 Å². The van der Waals surface area contributed by atoms with Crippen molar-refractivity contribution in [3.63, 3.8) is 0 Å². The number of hydrogen-bond acceptors (Lipinski definition) is 7. The summed E-state index contributed by atoms with van der Waals surface area (Å²) in [6.45, 7) is 0.687. The second-order valence-corrected chi connectivity index (χ2v) is 6.21. The molecule has 0 fully saturated rings. The molecule has 0 aliphatic rings. The molecule has 3 aromatic heterocycles. The molecule has 0 saturated heterocycles. The molecule has 0 amide bonds. The van der Waals surface area contributed by atoms with E-state index in [0.29, 0.717) is 41.0 Å². The number of pyridine rings is 1. The third-order valence-electron chi connectivity index (χ3n) is 4.09. The topological polar surface area (TPSA) is 115 Å². The third-order valence-corrected chi connectivity index (χ3v) is 4.09. The van der Waals surface area contributed by atoms with E-state index < -0.39 is 0 Å². The summed E-state index contributed by atoms with van der Waals surface area (Å²) in [5, 5.41) is 10.0. The van der Waals surface area contributed by atoms with Gasteiger partial charge in [0.15, 0.2) is 0 Å². The van der Waals surface area contributed by atoms with Crippen LogP contribution in [-0.4, -0.2) is 25.1 Å². The van der Waals surface area contributed by atoms with Gasteiger partial charge in [-0.3, -0.25) is 10.1 Å². The van der Waals surface area contributed by atoms with Crippen molar-refractivity contribution in [2.45, 2.75) is 13.2 Å². The van der Waals surface area contributed by atoms with E-state index >= 15 is 0 Å². The molecule has 0 unspecified atom stereocenters. The molecule has 29 heavy (non-hydrogen) atoms. The lowest BCUT2D eigenvalue weighted by atomic mass is 10.2. The van der Waals surface area contributed by atoms with Crippen LogP contribution >= 0.6 is 0 Å². The van der Waals surface area contributed by atoms with Crippen molar-refractivity contribution in [1.29, 1.82) is 0 Å². The molecule has 0 spiro atoms. The number of nitrogens with zero attached hydrogens (tertiary/aromatic N) is 4. The zero-order valence-corrected chi connectivity index (χ0v) is 15.3. The predicted octanol–water partition coefficient (Wildman–Crippen LogP) is 3.17. The van der Waals surface area contributed by atoms with Crippen molar-refractivity contribution < 1.29 is 9.13 Å². The molecule has 0 bridgehead atoms. The number of nitrogens with one attached hydrogen (secondary N) is 2. The molecule has 1 aromatic carbocycles. The summed E-state index contributed by atoms with van der Waals surface area (Å²) in [6.07, 6.45) is 3.33. The average molecular weight is 391 g/mol. The predicted molar refractivity (Wildman–Crippen MR) is 106 cm³/mol. The Morgan fingerprint density at radius 2 is 2.03 bits per heavy atom. The number of hydrogen-bond donors (Lipinski definition) is 3. The van der Waals surface area contributed by atoms with Crippen molar-refractivity contribution in [2.75, 3.05) is 11.1 Å². The highest BCUT2D eigenvalue weighted by Crippen LogP contribution is 2.25. The van der Waals surface area contributed by atoms with E-state index in [2.05, 4.69) is 30.5 Å². The van der Waals surface area contributed by atoms with E-state index in [-0.39, 0.29) is 12.4 Å². The van der Waals surface area contributed by atoms with Crippen LogP contribution in [-0.2, 0) is 13.2 Å². The first kappa shape index (κ1) is 18.4. The van der Waals surface area contributed by atoms with Crippen LogP contribution in [0.5, 0.6) is 5.88 Å². The van der Waals surface area contributed by atoms with Crippen LogP contribution in [0, 0.1) is 5.82 Å². The van der Waals surface area contributed by atoms with Gasteiger partial charge in [-0.2, -0.15) is 4.98 Å². The van der Waals surface area contributed by atoms with E-state index in [9.17, 15) is 4.39 Å². The maximum atomic E-state index is 13.2. The van der Waals surface area contributed by atoms with Crippen LogP contribution in [0.4, 0.5) is 16.2 Å². The number of aromatic amines is 1. The highest BCUT2D eigenvalue weighted by Gasteiger charge is 2.11. The van der Waals surface area contributed by atoms with Gasteiger partial charge in [0.1, 0.15) is 18.2 Å². The summed E-state index contributed by atoms with van der Waals surface area (Å²) in [5.74, 6) is 0.749. The lowest BCUT2D eigenvalue weighted by Crippen LogP contribution is -2.07. The van der Waals surface area contributed by atoms with E-state index in [1.165, 1.54) is 12.1 Å². The van der Waals surface area contributed by atoms with Crippen LogP contribution in [0.1, 0.15) is 11.3 Å². The van der Waals surface area contributed by atoms with Crippen LogP contribution in [0.15, 0.2) is 60.9 Å². The van der Waals surface area contributed by atoms with E-state index in [0.717, 1.165) is 5.69 Å². The Hall–Kier alpha value is -4.01. The van der Waals surface area contributed by atoms with Gasteiger partial charge in [0.25, 0.3) is 0 Å². The Bertz CT molecular complexity index is 1100. The number of nitrogen functional groups attached to an aromatic ring is 1. The van der Waals surface area contributed by atoms with Gasteiger partial charge in [-0.15, -0.1) is 5.10 Å². The highest BCUT2D eigenvalue weighted by atomic mass is 19.1. The van der Waals surface area contributed by atoms with Crippen LogP contribution in [0.3, 0.4) is 0 Å². The van der Waals surface area contributed by atoms with Crippen LogP contribution < -0.4 is 15.8 Å². The number of rotatable bonds is 7. The molecule has 4 aromatic rings. The molecule has 0 saturated carbocycles. The molecule has 8 nitrogen and oxygen atoms in total. The number of nitrogens with two attached hydrogens (primary N) is 1. The standard InChI is InChI=1S/C20H18FN7O/c21-14-5-3-4-13(8-14)12-29-18-9-17(27-28-18)16-11-25-20(26-19(16)22)24-10-15-6-1-2-7-23-15/h1-9,11H,10,12H2,(H,27,28)(H3,22,24,25,26). The molecule has 4 rings (SSSR count). The molecule has 0 aliphatic carbocycles. The highest BCUT2D eigenvalue weighted by molar-refractivity contribution is 5.71. The summed E-state index contributed by atoms with van der Waals surface area (Å²) in [6, 6.07) is 13.6. The molecule has 0 aliphatic heterocycles. The smallest absolute Gasteiger partial charge is 0.233 e. The molecule has 146 valence electrons. The molecule has 3 heterocycles. The van der Waals surface area contributed by atoms with Crippen molar-refractivity contribution in [2.24, 2.45) is 0 Å². The van der Waals surface area contributed by atoms with Crippen molar-refractivity contribution in [3.8, 4) is 17.1 Å². The van der Waals surface area contributed by atoms with Gasteiger partial charge in [0.2, 0.25) is 11.8 Å². The summed E-state index contributed by atoms with van der Waals surface area (Å²) >= 11 is 0. The van der Waals surface area contributed by atoms with Gasteiger partial charge in [-0.1, -0.05) is 18.2 Å². The first-order chi connectivity index (χ1) is 14.2. The molecule has 4 N–H and O–H groups in total. The first-order valence-electron chi connectivity index (χ1n) is 8.87. The van der Waals surface area contributed by atoms with Gasteiger partial charge in [0.05, 0.1) is 23.5 Å². The van der Waals surface area contributed by atoms with Gasteiger partial charge in [-0.05, 0) is 29.8 Å². The van der Waals surface area contributed by atoms with Crippen molar-refractivity contribution >= 4 is 11.8 Å². The van der Waals surface area contributed by atoms with Crippen molar-refractivity contribution in [3.05, 3.63) is 78.0 Å². The Morgan fingerprint density at radius 1 is 1.10 bits per heavy atom. The van der Waals surface area contributed by atoms with Crippen LogP contribution in [0.2, 0.25) is 0 Å². The number of H-pyrrole nitrogens is 1. The average Bonchev–Trinajstić information content (AvgIpc) is 3.20. The number of halogens is 1. The normalized spacial score (nSPS) is 10.7. The Balaban J connectivity index is 1.40. The third kappa shape index (κ3) is 4.64. The van der Waals surface area contributed by atoms with E-state index in [1.807, 2.05) is 18.2 Å². The summed E-state index contributed by atoms with van der Waals surface area (Å²) in [7, 11) is 0. The fourth-order valence-electron chi connectivity index (χ4n) is 2.66. The largest absolute Gasteiger partial charge is 0.472 e. The summed E-state index contributed by atoms with van der Waals surface area (Å²) in [5.41, 5.74) is 8.87. The van der Waals surface area contributed by atoms with Gasteiger partial charge in [-0.25, -0.2) is 9.37 Å². The van der Waals surface area contributed by atoms with Gasteiger partial charge >= 0.3 is 0 Å². The number of benzene rings is 1. The molecule has 0 radical (unpaired) electrons. The lowest BCUT2D eigenvalue weighted by molar-refractivity contribution is 0.293. The number of anilines is 2. The maximum Gasteiger partial charge on any atom is 0.233 e.